The minimum Gasteiger partial charge on any atom is -0.493 e. The van der Waals surface area contributed by atoms with Crippen molar-refractivity contribution in [3.63, 3.8) is 0 Å². The minimum atomic E-state index is -0.408. The van der Waals surface area contributed by atoms with Crippen LogP contribution in [0.1, 0.15) is 36.4 Å². The van der Waals surface area contributed by atoms with Crippen molar-refractivity contribution >= 4 is 23.1 Å². The fraction of sp³-hybridized carbons (Fsp3) is 0.304. The number of ketones is 1. The molecule has 2 aromatic carbocycles. The van der Waals surface area contributed by atoms with E-state index in [1.54, 1.807) is 19.2 Å². The molecular weight excluding hydrogens is 403 g/mol. The Morgan fingerprint density at radius 2 is 1.97 bits per heavy atom. The molecule has 5 nitrogen and oxygen atoms in total. The van der Waals surface area contributed by atoms with E-state index in [2.05, 4.69) is 5.32 Å². The number of carbonyl (C=O) groups excluding carboxylic acids is 1. The highest BCUT2D eigenvalue weighted by atomic mass is 32.1. The summed E-state index contributed by atoms with van der Waals surface area (Å²) in [7, 11) is 3.46. The van der Waals surface area contributed by atoms with E-state index in [1.807, 2.05) is 30.1 Å². The van der Waals surface area contributed by atoms with Crippen LogP contribution >= 0.6 is 12.2 Å². The van der Waals surface area contributed by atoms with Gasteiger partial charge in [-0.1, -0.05) is 24.3 Å². The number of ether oxygens (including phenoxy) is 2. The Morgan fingerprint density at radius 1 is 1.20 bits per heavy atom. The van der Waals surface area contributed by atoms with Gasteiger partial charge in [-0.3, -0.25) is 4.79 Å². The molecule has 1 N–H and O–H groups in total. The molecule has 0 bridgehead atoms. The minimum absolute atomic E-state index is 0.121. The Labute approximate surface area is 180 Å². The van der Waals surface area contributed by atoms with Gasteiger partial charge in [0.05, 0.1) is 13.2 Å². The van der Waals surface area contributed by atoms with Gasteiger partial charge in [-0.25, -0.2) is 4.39 Å². The number of allylic oxidation sites excluding steroid dienone is 1. The summed E-state index contributed by atoms with van der Waals surface area (Å²) in [6.07, 6.45) is 2.16. The topological polar surface area (TPSA) is 50.8 Å². The first kappa shape index (κ1) is 20.3. The second-order valence-electron chi connectivity index (χ2n) is 7.37. The van der Waals surface area contributed by atoms with Gasteiger partial charge in [-0.2, -0.15) is 0 Å². The van der Waals surface area contributed by atoms with Crippen molar-refractivity contribution < 1.29 is 18.7 Å². The summed E-state index contributed by atoms with van der Waals surface area (Å²) in [6, 6.07) is 11.4. The third kappa shape index (κ3) is 3.77. The number of hydrogen-bond acceptors (Lipinski definition) is 4. The zero-order chi connectivity index (χ0) is 21.3. The predicted octanol–water partition coefficient (Wildman–Crippen LogP) is 4.28. The number of rotatable bonds is 5. The number of nitrogens with zero attached hydrogens (tertiary/aromatic N) is 1. The summed E-state index contributed by atoms with van der Waals surface area (Å²) in [5.41, 5.74) is 3.31. The van der Waals surface area contributed by atoms with Gasteiger partial charge in [0.25, 0.3) is 0 Å². The first-order valence-corrected chi connectivity index (χ1v) is 10.2. The van der Waals surface area contributed by atoms with Crippen molar-refractivity contribution in [1.82, 2.24) is 10.2 Å². The van der Waals surface area contributed by atoms with Crippen LogP contribution in [0.3, 0.4) is 0 Å². The van der Waals surface area contributed by atoms with Crippen LogP contribution in [0.25, 0.3) is 0 Å². The van der Waals surface area contributed by atoms with E-state index in [0.717, 1.165) is 35.2 Å². The van der Waals surface area contributed by atoms with Gasteiger partial charge < -0.3 is 19.7 Å². The number of para-hydroxylation sites is 1. The van der Waals surface area contributed by atoms with Gasteiger partial charge in [0, 0.05) is 30.3 Å². The van der Waals surface area contributed by atoms with Crippen LogP contribution in [0.15, 0.2) is 53.7 Å². The third-order valence-electron chi connectivity index (χ3n) is 5.53. The molecular formula is C23H23FN2O3S. The largest absolute Gasteiger partial charge is 0.493 e. The highest BCUT2D eigenvalue weighted by molar-refractivity contribution is 7.80. The highest BCUT2D eigenvalue weighted by Gasteiger charge is 2.37. The van der Waals surface area contributed by atoms with Crippen LogP contribution in [0.5, 0.6) is 11.5 Å². The number of methoxy groups -OCH3 is 1. The average Bonchev–Trinajstić information content (AvgIpc) is 2.76. The molecule has 1 unspecified atom stereocenters. The molecule has 0 amide bonds. The van der Waals surface area contributed by atoms with Crippen LogP contribution < -0.4 is 14.8 Å². The SMILES string of the molecule is COc1cccc(C2NC(=S)N(C)C3=C2C(=O)CCC3)c1OCc1ccc(F)cc1. The number of hydrogen-bond donors (Lipinski definition) is 1. The molecule has 2 aliphatic rings. The maximum atomic E-state index is 13.2. The molecule has 1 aliphatic carbocycles. The highest BCUT2D eigenvalue weighted by Crippen LogP contribution is 2.43. The lowest BCUT2D eigenvalue weighted by Gasteiger charge is -2.39. The lowest BCUT2D eigenvalue weighted by molar-refractivity contribution is -0.116. The molecule has 30 heavy (non-hydrogen) atoms. The molecule has 0 saturated carbocycles. The Bertz CT molecular complexity index is 1020. The van der Waals surface area contributed by atoms with Crippen LogP contribution in [0, 0.1) is 5.82 Å². The lowest BCUT2D eigenvalue weighted by Crippen LogP contribution is -2.47. The zero-order valence-electron chi connectivity index (χ0n) is 16.9. The van der Waals surface area contributed by atoms with E-state index in [4.69, 9.17) is 21.7 Å². The number of halogens is 1. The number of Topliss-reactive ketones (excluding diaryl/α,β-unsaturated/α-hetero) is 1. The summed E-state index contributed by atoms with van der Waals surface area (Å²) in [4.78, 5) is 14.8. The predicted molar refractivity (Wildman–Crippen MR) is 116 cm³/mol. The maximum Gasteiger partial charge on any atom is 0.173 e. The van der Waals surface area contributed by atoms with Crippen molar-refractivity contribution in [1.29, 1.82) is 0 Å². The van der Waals surface area contributed by atoms with Gasteiger partial charge in [-0.15, -0.1) is 0 Å². The van der Waals surface area contributed by atoms with Gasteiger partial charge in [-0.05, 0) is 48.8 Å². The molecule has 1 aliphatic heterocycles. The van der Waals surface area contributed by atoms with Crippen molar-refractivity contribution in [2.75, 3.05) is 14.2 Å². The Morgan fingerprint density at radius 3 is 2.70 bits per heavy atom. The number of carbonyl (C=O) groups is 1. The molecule has 0 saturated heterocycles. The molecule has 7 heteroatoms. The van der Waals surface area contributed by atoms with Gasteiger partial charge in [0.2, 0.25) is 0 Å². The smallest absolute Gasteiger partial charge is 0.173 e. The second-order valence-corrected chi connectivity index (χ2v) is 7.76. The fourth-order valence-corrected chi connectivity index (χ4v) is 4.21. The van der Waals surface area contributed by atoms with Crippen molar-refractivity contribution in [3.8, 4) is 11.5 Å². The molecule has 1 heterocycles. The Hall–Kier alpha value is -2.93. The third-order valence-corrected chi connectivity index (χ3v) is 5.92. The summed E-state index contributed by atoms with van der Waals surface area (Å²) in [5, 5.41) is 3.87. The van der Waals surface area contributed by atoms with Crippen molar-refractivity contribution in [2.45, 2.75) is 31.9 Å². The molecule has 2 aromatic rings. The molecule has 0 aromatic heterocycles. The van der Waals surface area contributed by atoms with E-state index in [-0.39, 0.29) is 18.2 Å². The monoisotopic (exact) mass is 426 g/mol. The Balaban J connectivity index is 1.74. The number of benzene rings is 2. The molecule has 0 spiro atoms. The van der Waals surface area contributed by atoms with E-state index >= 15 is 0 Å². The summed E-state index contributed by atoms with van der Waals surface area (Å²) < 4.78 is 24.9. The Kier molecular flexibility index (Phi) is 5.72. The quantitative estimate of drug-likeness (QED) is 0.721. The van der Waals surface area contributed by atoms with Gasteiger partial charge in [0.15, 0.2) is 22.4 Å². The van der Waals surface area contributed by atoms with Crippen LogP contribution in [-0.2, 0) is 11.4 Å². The standard InChI is InChI=1S/C23H23FN2O3S/c1-26-17-6-4-7-18(27)20(17)21(25-23(26)30)16-5-3-8-19(28-2)22(16)29-13-14-9-11-15(24)12-10-14/h3,5,8-12,21H,4,6-7,13H2,1-2H3,(H,25,30). The summed E-state index contributed by atoms with van der Waals surface area (Å²) >= 11 is 5.53. The van der Waals surface area contributed by atoms with Gasteiger partial charge >= 0.3 is 0 Å². The van der Waals surface area contributed by atoms with E-state index < -0.39 is 6.04 Å². The number of thiocarbonyl (C=S) groups is 1. The van der Waals surface area contributed by atoms with E-state index in [0.29, 0.717) is 23.0 Å². The normalized spacial score (nSPS) is 18.8. The van der Waals surface area contributed by atoms with Gasteiger partial charge in [0.1, 0.15) is 12.4 Å². The average molecular weight is 427 g/mol. The van der Waals surface area contributed by atoms with Crippen molar-refractivity contribution in [3.05, 3.63) is 70.7 Å². The van der Waals surface area contributed by atoms with Crippen LogP contribution in [-0.4, -0.2) is 30.0 Å². The molecule has 156 valence electrons. The molecule has 1 atom stereocenters. The maximum absolute atomic E-state index is 13.2. The van der Waals surface area contributed by atoms with E-state index in [9.17, 15) is 9.18 Å². The van der Waals surface area contributed by atoms with Crippen LogP contribution in [0.2, 0.25) is 0 Å². The molecule has 4 rings (SSSR count). The lowest BCUT2D eigenvalue weighted by atomic mass is 9.84. The number of nitrogens with one attached hydrogen (secondary N) is 1. The van der Waals surface area contributed by atoms with Crippen LogP contribution in [0.4, 0.5) is 4.39 Å². The summed E-state index contributed by atoms with van der Waals surface area (Å²) in [5.74, 6) is 0.928. The first-order chi connectivity index (χ1) is 14.5. The second kappa shape index (κ2) is 8.44. The van der Waals surface area contributed by atoms with E-state index in [1.165, 1.54) is 12.1 Å². The molecule has 0 radical (unpaired) electrons. The zero-order valence-corrected chi connectivity index (χ0v) is 17.7. The molecule has 0 fully saturated rings. The fourth-order valence-electron chi connectivity index (χ4n) is 3.98. The summed E-state index contributed by atoms with van der Waals surface area (Å²) in [6.45, 7) is 0.241. The first-order valence-electron chi connectivity index (χ1n) is 9.84. The van der Waals surface area contributed by atoms with Crippen molar-refractivity contribution in [2.24, 2.45) is 0 Å².